The fraction of sp³-hybridized carbons (Fsp3) is 0.632. The van der Waals surface area contributed by atoms with Gasteiger partial charge in [0.15, 0.2) is 5.96 Å². The molecule has 1 aromatic heterocycles. The Labute approximate surface area is 189 Å². The summed E-state index contributed by atoms with van der Waals surface area (Å²) in [6.07, 6.45) is 5.49. The van der Waals surface area contributed by atoms with Crippen molar-refractivity contribution in [1.82, 2.24) is 15.6 Å². The number of rotatable bonds is 7. The zero-order valence-electron chi connectivity index (χ0n) is 17.2. The predicted molar refractivity (Wildman–Crippen MR) is 130 cm³/mol. The molecule has 0 saturated carbocycles. The van der Waals surface area contributed by atoms with Crippen LogP contribution >= 0.6 is 35.7 Å². The van der Waals surface area contributed by atoms with Crippen molar-refractivity contribution < 1.29 is 4.79 Å². The molecule has 2 rings (SSSR count). The van der Waals surface area contributed by atoms with Crippen molar-refractivity contribution in [2.75, 3.05) is 37.8 Å². The molecule has 0 bridgehead atoms. The van der Waals surface area contributed by atoms with E-state index in [0.717, 1.165) is 49.8 Å². The van der Waals surface area contributed by atoms with Crippen LogP contribution in [0.15, 0.2) is 23.3 Å². The Bertz CT molecular complexity index is 662. The predicted octanol–water partition coefficient (Wildman–Crippen LogP) is 2.21. The van der Waals surface area contributed by atoms with Crippen LogP contribution in [0, 0.1) is 5.92 Å². The molecule has 2 heterocycles. The van der Waals surface area contributed by atoms with E-state index in [9.17, 15) is 4.79 Å². The number of piperidine rings is 1. The number of anilines is 1. The quantitative estimate of drug-likeness (QED) is 0.290. The molecule has 1 amide bonds. The summed E-state index contributed by atoms with van der Waals surface area (Å²) in [4.78, 5) is 22.5. The summed E-state index contributed by atoms with van der Waals surface area (Å²) in [7, 11) is 1.78. The molecule has 28 heavy (non-hydrogen) atoms. The van der Waals surface area contributed by atoms with Crippen molar-refractivity contribution in [1.29, 1.82) is 0 Å². The van der Waals surface area contributed by atoms with E-state index in [1.54, 1.807) is 7.05 Å². The number of primary amides is 1. The molecule has 1 aliphatic rings. The Hall–Kier alpha value is -1.23. The summed E-state index contributed by atoms with van der Waals surface area (Å²) < 4.78 is 0.141. The van der Waals surface area contributed by atoms with Crippen LogP contribution in [0.5, 0.6) is 0 Å². The van der Waals surface area contributed by atoms with Gasteiger partial charge in [-0.2, -0.15) is 11.8 Å². The zero-order valence-corrected chi connectivity index (χ0v) is 20.3. The molecular weight excluding hydrogens is 487 g/mol. The molecule has 1 aromatic rings. The average Bonchev–Trinajstić information content (AvgIpc) is 2.68. The van der Waals surface area contributed by atoms with Crippen molar-refractivity contribution in [3.8, 4) is 0 Å². The zero-order chi connectivity index (χ0) is 19.9. The first-order chi connectivity index (χ1) is 12.9. The van der Waals surface area contributed by atoms with E-state index in [2.05, 4.69) is 51.7 Å². The fourth-order valence-corrected chi connectivity index (χ4v) is 3.21. The number of guanidine groups is 1. The highest BCUT2D eigenvalue weighted by Gasteiger charge is 2.25. The lowest BCUT2D eigenvalue weighted by Gasteiger charge is -2.32. The number of aromatic nitrogens is 1. The highest BCUT2D eigenvalue weighted by atomic mass is 127. The Morgan fingerprint density at radius 2 is 2.07 bits per heavy atom. The minimum absolute atomic E-state index is 0. The molecule has 9 heteroatoms. The van der Waals surface area contributed by atoms with Gasteiger partial charge in [0.1, 0.15) is 5.82 Å². The molecule has 1 saturated heterocycles. The van der Waals surface area contributed by atoms with E-state index < -0.39 is 0 Å². The van der Waals surface area contributed by atoms with Crippen LogP contribution in [0.1, 0.15) is 32.3 Å². The van der Waals surface area contributed by atoms with Crippen LogP contribution in [-0.2, 0) is 11.3 Å². The first-order valence-electron chi connectivity index (χ1n) is 9.34. The highest BCUT2D eigenvalue weighted by molar-refractivity contribution is 14.0. The number of nitrogens with one attached hydrogen (secondary N) is 2. The molecule has 0 aliphatic carbocycles. The maximum atomic E-state index is 11.4. The Morgan fingerprint density at radius 3 is 2.64 bits per heavy atom. The third kappa shape index (κ3) is 7.31. The number of carbonyl (C=O) groups is 1. The molecule has 0 unspecified atom stereocenters. The van der Waals surface area contributed by atoms with E-state index in [0.29, 0.717) is 6.54 Å². The fourth-order valence-electron chi connectivity index (χ4n) is 3.00. The lowest BCUT2D eigenvalue weighted by Crippen LogP contribution is -2.43. The van der Waals surface area contributed by atoms with Crippen molar-refractivity contribution in [3.05, 3.63) is 23.9 Å². The second kappa shape index (κ2) is 11.7. The van der Waals surface area contributed by atoms with Gasteiger partial charge in [-0.15, -0.1) is 24.0 Å². The van der Waals surface area contributed by atoms with Crippen LogP contribution in [0.3, 0.4) is 0 Å². The molecule has 0 spiro atoms. The molecule has 0 aromatic carbocycles. The standard InChI is InChI=1S/C19H32N6OS.HI/c1-19(2,27-4)13-24-18(21-3)23-12-15-6-5-9-22-17(15)25-10-7-14(8-11-25)16(20)26;/h5-6,9,14H,7-8,10-13H2,1-4H3,(H2,20,26)(H2,21,23,24);1H. The van der Waals surface area contributed by atoms with Gasteiger partial charge in [-0.05, 0) is 39.0 Å². The van der Waals surface area contributed by atoms with Crippen LogP contribution in [0.4, 0.5) is 5.82 Å². The summed E-state index contributed by atoms with van der Waals surface area (Å²) in [5.41, 5.74) is 6.55. The summed E-state index contributed by atoms with van der Waals surface area (Å²) in [6.45, 7) is 7.46. The van der Waals surface area contributed by atoms with Crippen LogP contribution in [-0.4, -0.2) is 54.5 Å². The molecular formula is C19H33IN6OS. The molecule has 7 nitrogen and oxygen atoms in total. The summed E-state index contributed by atoms with van der Waals surface area (Å²) >= 11 is 1.82. The number of hydrogen-bond acceptors (Lipinski definition) is 5. The Morgan fingerprint density at radius 1 is 1.39 bits per heavy atom. The largest absolute Gasteiger partial charge is 0.369 e. The normalized spacial score (nSPS) is 15.7. The van der Waals surface area contributed by atoms with E-state index in [1.165, 1.54) is 0 Å². The summed E-state index contributed by atoms with van der Waals surface area (Å²) in [5, 5.41) is 6.76. The Kier molecular flexibility index (Phi) is 10.4. The van der Waals surface area contributed by atoms with Gasteiger partial charge in [0.25, 0.3) is 0 Å². The molecule has 0 atom stereocenters. The van der Waals surface area contributed by atoms with Crippen LogP contribution in [0.25, 0.3) is 0 Å². The van der Waals surface area contributed by atoms with Crippen molar-refractivity contribution in [2.24, 2.45) is 16.6 Å². The lowest BCUT2D eigenvalue weighted by atomic mass is 9.96. The summed E-state index contributed by atoms with van der Waals surface area (Å²) in [5.74, 6) is 1.53. The minimum atomic E-state index is -0.194. The molecule has 1 fully saturated rings. The number of aliphatic imine (C=N–C) groups is 1. The monoisotopic (exact) mass is 520 g/mol. The van der Waals surface area contributed by atoms with Gasteiger partial charge in [-0.25, -0.2) is 4.98 Å². The van der Waals surface area contributed by atoms with Crippen LogP contribution in [0.2, 0.25) is 0 Å². The number of thioether (sulfide) groups is 1. The van der Waals surface area contributed by atoms with E-state index in [1.807, 2.05) is 24.0 Å². The summed E-state index contributed by atoms with van der Waals surface area (Å²) in [6, 6.07) is 4.03. The maximum Gasteiger partial charge on any atom is 0.220 e. The molecule has 158 valence electrons. The van der Waals surface area contributed by atoms with Gasteiger partial charge >= 0.3 is 0 Å². The number of nitrogens with two attached hydrogens (primary N) is 1. The number of halogens is 1. The molecule has 0 radical (unpaired) electrons. The maximum absolute atomic E-state index is 11.4. The number of hydrogen-bond donors (Lipinski definition) is 3. The molecule has 4 N–H and O–H groups in total. The SMILES string of the molecule is CN=C(NCc1cccnc1N1CCC(C(N)=O)CC1)NCC(C)(C)SC.I. The van der Waals surface area contributed by atoms with Gasteiger partial charge in [-0.3, -0.25) is 9.79 Å². The number of nitrogens with zero attached hydrogens (tertiary/aromatic N) is 3. The number of carbonyl (C=O) groups excluding carboxylic acids is 1. The number of amides is 1. The average molecular weight is 520 g/mol. The second-order valence-corrected chi connectivity index (χ2v) is 8.91. The van der Waals surface area contributed by atoms with E-state index >= 15 is 0 Å². The lowest BCUT2D eigenvalue weighted by molar-refractivity contribution is -0.122. The smallest absolute Gasteiger partial charge is 0.220 e. The van der Waals surface area contributed by atoms with Crippen molar-refractivity contribution >= 4 is 53.4 Å². The second-order valence-electron chi connectivity index (χ2n) is 7.39. The van der Waals surface area contributed by atoms with E-state index in [4.69, 9.17) is 5.73 Å². The van der Waals surface area contributed by atoms with Gasteiger partial charge in [0.2, 0.25) is 5.91 Å². The first kappa shape index (κ1) is 24.8. The van der Waals surface area contributed by atoms with Crippen LogP contribution < -0.4 is 21.3 Å². The third-order valence-corrected chi connectivity index (χ3v) is 6.22. The third-order valence-electron chi connectivity index (χ3n) is 4.97. The topological polar surface area (TPSA) is 95.6 Å². The Balaban J connectivity index is 0.00000392. The highest BCUT2D eigenvalue weighted by Crippen LogP contribution is 2.24. The van der Waals surface area contributed by atoms with Gasteiger partial charge < -0.3 is 21.3 Å². The van der Waals surface area contributed by atoms with Crippen molar-refractivity contribution in [2.45, 2.75) is 38.0 Å². The molecule has 1 aliphatic heterocycles. The van der Waals surface area contributed by atoms with Gasteiger partial charge in [-0.1, -0.05) is 6.07 Å². The van der Waals surface area contributed by atoms with Gasteiger partial charge in [0, 0.05) is 55.7 Å². The van der Waals surface area contributed by atoms with Gasteiger partial charge in [0.05, 0.1) is 0 Å². The number of pyridine rings is 1. The van der Waals surface area contributed by atoms with Crippen molar-refractivity contribution in [3.63, 3.8) is 0 Å². The minimum Gasteiger partial charge on any atom is -0.369 e. The first-order valence-corrected chi connectivity index (χ1v) is 10.6. The van der Waals surface area contributed by atoms with E-state index in [-0.39, 0.29) is 40.5 Å².